The molecule has 0 aliphatic heterocycles. The Bertz CT molecular complexity index is 1060. The highest BCUT2D eigenvalue weighted by Gasteiger charge is 2.17. The van der Waals surface area contributed by atoms with E-state index in [-0.39, 0.29) is 11.6 Å². The van der Waals surface area contributed by atoms with Crippen molar-refractivity contribution in [2.75, 3.05) is 7.11 Å². The number of hydrogen-bond donors (Lipinski definition) is 0. The third-order valence-corrected chi connectivity index (χ3v) is 5.48. The molecule has 0 aliphatic rings. The van der Waals surface area contributed by atoms with Crippen LogP contribution in [0.25, 0.3) is 16.3 Å². The first-order valence-electron chi connectivity index (χ1n) is 7.69. The minimum Gasteiger partial charge on any atom is -0.494 e. The lowest BCUT2D eigenvalue weighted by atomic mass is 10.2. The topological polar surface area (TPSA) is 86.7 Å². The van der Waals surface area contributed by atoms with Crippen LogP contribution in [0.5, 0.6) is 5.75 Å². The van der Waals surface area contributed by atoms with E-state index < -0.39 is 4.92 Å². The molecule has 26 heavy (non-hydrogen) atoms. The highest BCUT2D eigenvalue weighted by Crippen LogP contribution is 2.32. The smallest absolute Gasteiger partial charge is 0.274 e. The normalized spacial score (nSPS) is 12.2. The lowest BCUT2D eigenvalue weighted by Crippen LogP contribution is -2.15. The van der Waals surface area contributed by atoms with E-state index in [2.05, 4.69) is 4.99 Å². The van der Waals surface area contributed by atoms with E-state index in [1.54, 1.807) is 6.08 Å². The molecule has 3 aromatic rings. The fourth-order valence-corrected chi connectivity index (χ4v) is 4.24. The molecule has 0 unspecified atom stereocenters. The number of methoxy groups -OCH3 is 1. The number of fused-ring (bicyclic) bond motifs is 1. The summed E-state index contributed by atoms with van der Waals surface area (Å²) in [6, 6.07) is 6.66. The predicted molar refractivity (Wildman–Crippen MR) is 103 cm³/mol. The number of non-ortho nitro benzene ring substituents is 1. The summed E-state index contributed by atoms with van der Waals surface area (Å²) in [5.74, 6) is -0.00375. The van der Waals surface area contributed by atoms with Gasteiger partial charge in [0.15, 0.2) is 10.6 Å². The molecule has 2 heterocycles. The van der Waals surface area contributed by atoms with E-state index in [0.29, 0.717) is 27.3 Å². The highest BCUT2D eigenvalue weighted by atomic mass is 32.1. The third-order valence-electron chi connectivity index (χ3n) is 3.61. The molecule has 0 fully saturated rings. The number of ether oxygens (including phenoxy) is 1. The molecule has 0 saturated heterocycles. The maximum absolute atomic E-state index is 12.2. The van der Waals surface area contributed by atoms with Gasteiger partial charge in [-0.1, -0.05) is 17.4 Å². The molecule has 0 aliphatic carbocycles. The molecular formula is C17H15N3O4S2. The lowest BCUT2D eigenvalue weighted by Gasteiger charge is -2.06. The fourth-order valence-electron chi connectivity index (χ4n) is 2.47. The largest absolute Gasteiger partial charge is 0.494 e. The van der Waals surface area contributed by atoms with Crippen LogP contribution >= 0.6 is 22.7 Å². The molecule has 3 rings (SSSR count). The summed E-state index contributed by atoms with van der Waals surface area (Å²) in [5.41, 5.74) is 0.633. The quantitative estimate of drug-likeness (QED) is 0.377. The molecule has 0 atom stereocenters. The van der Waals surface area contributed by atoms with Crippen molar-refractivity contribution in [3.8, 4) is 5.75 Å². The van der Waals surface area contributed by atoms with Gasteiger partial charge in [0, 0.05) is 23.6 Å². The van der Waals surface area contributed by atoms with E-state index >= 15 is 0 Å². The second kappa shape index (κ2) is 7.63. The molecule has 0 spiro atoms. The third kappa shape index (κ3) is 3.58. The molecule has 0 saturated carbocycles. The van der Waals surface area contributed by atoms with Gasteiger partial charge >= 0.3 is 0 Å². The van der Waals surface area contributed by atoms with Crippen LogP contribution in [0, 0.1) is 10.1 Å². The van der Waals surface area contributed by atoms with Gasteiger partial charge in [0.2, 0.25) is 0 Å². The summed E-state index contributed by atoms with van der Waals surface area (Å²) in [7, 11) is 1.46. The zero-order valence-corrected chi connectivity index (χ0v) is 15.7. The van der Waals surface area contributed by atoms with Gasteiger partial charge in [0.1, 0.15) is 5.52 Å². The van der Waals surface area contributed by atoms with Crippen LogP contribution in [0.3, 0.4) is 0 Å². The van der Waals surface area contributed by atoms with Crippen molar-refractivity contribution in [2.45, 2.75) is 13.5 Å². The number of benzene rings is 1. The second-order valence-electron chi connectivity index (χ2n) is 5.18. The Morgan fingerprint density at radius 2 is 2.27 bits per heavy atom. The van der Waals surface area contributed by atoms with Crippen molar-refractivity contribution in [2.24, 2.45) is 4.99 Å². The minimum atomic E-state index is -0.469. The van der Waals surface area contributed by atoms with Crippen LogP contribution in [0.1, 0.15) is 11.8 Å². The van der Waals surface area contributed by atoms with Crippen molar-refractivity contribution in [1.82, 2.24) is 4.57 Å². The van der Waals surface area contributed by atoms with Crippen LogP contribution in [0.4, 0.5) is 5.69 Å². The number of aryl methyl sites for hydroxylation is 1. The van der Waals surface area contributed by atoms with E-state index in [9.17, 15) is 14.9 Å². The molecule has 9 heteroatoms. The summed E-state index contributed by atoms with van der Waals surface area (Å²) in [6.07, 6.45) is 3.13. The number of nitro groups is 1. The lowest BCUT2D eigenvalue weighted by molar-refractivity contribution is -0.384. The number of carbonyl (C=O) groups excluding carboxylic acids is 1. The number of amides is 1. The molecule has 1 aromatic carbocycles. The summed E-state index contributed by atoms with van der Waals surface area (Å²) in [6.45, 7) is 2.47. The highest BCUT2D eigenvalue weighted by molar-refractivity contribution is 7.16. The zero-order valence-electron chi connectivity index (χ0n) is 14.0. The molecule has 2 aromatic heterocycles. The number of rotatable bonds is 5. The summed E-state index contributed by atoms with van der Waals surface area (Å²) >= 11 is 2.75. The number of nitro benzene ring substituents is 1. The van der Waals surface area contributed by atoms with Crippen LogP contribution < -0.4 is 9.54 Å². The second-order valence-corrected chi connectivity index (χ2v) is 7.17. The van der Waals surface area contributed by atoms with E-state index in [0.717, 1.165) is 4.88 Å². The molecule has 0 bridgehead atoms. The van der Waals surface area contributed by atoms with Gasteiger partial charge in [-0.15, -0.1) is 11.3 Å². The van der Waals surface area contributed by atoms with Crippen molar-refractivity contribution < 1.29 is 14.5 Å². The van der Waals surface area contributed by atoms with E-state index in [1.165, 1.54) is 48.0 Å². The van der Waals surface area contributed by atoms with Crippen LogP contribution in [0.2, 0.25) is 0 Å². The van der Waals surface area contributed by atoms with E-state index in [1.807, 2.05) is 29.0 Å². The summed E-state index contributed by atoms with van der Waals surface area (Å²) in [4.78, 5) is 28.4. The van der Waals surface area contributed by atoms with Crippen molar-refractivity contribution >= 4 is 50.6 Å². The van der Waals surface area contributed by atoms with Gasteiger partial charge in [0.25, 0.3) is 11.6 Å². The van der Waals surface area contributed by atoms with Gasteiger partial charge in [-0.05, 0) is 24.4 Å². The maximum Gasteiger partial charge on any atom is 0.274 e. The van der Waals surface area contributed by atoms with Crippen molar-refractivity contribution in [3.63, 3.8) is 0 Å². The van der Waals surface area contributed by atoms with Gasteiger partial charge in [-0.3, -0.25) is 14.9 Å². The molecule has 0 N–H and O–H groups in total. The molecule has 134 valence electrons. The Kier molecular flexibility index (Phi) is 5.29. The standard InChI is InChI=1S/C17H15N3O4S2/c1-3-19-16-13(24-2)9-11(20(22)23)10-14(16)26-17(19)18-15(21)7-6-12-5-4-8-25-12/h4-10H,3H2,1-2H3/b7-6+,18-17?. The summed E-state index contributed by atoms with van der Waals surface area (Å²) < 4.78 is 7.78. The Hall–Kier alpha value is -2.78. The number of thiazole rings is 1. The molecule has 7 nitrogen and oxygen atoms in total. The number of nitrogens with zero attached hydrogens (tertiary/aromatic N) is 3. The molecule has 1 amide bonds. The predicted octanol–water partition coefficient (Wildman–Crippen LogP) is 3.84. The summed E-state index contributed by atoms with van der Waals surface area (Å²) in [5, 5.41) is 13.0. The van der Waals surface area contributed by atoms with Crippen molar-refractivity contribution in [3.05, 3.63) is 55.5 Å². The monoisotopic (exact) mass is 389 g/mol. The van der Waals surface area contributed by atoms with Crippen LogP contribution in [-0.2, 0) is 11.3 Å². The average Bonchev–Trinajstić information content (AvgIpc) is 3.25. The Labute approximate surface area is 156 Å². The van der Waals surface area contributed by atoms with Gasteiger partial charge in [0.05, 0.1) is 22.8 Å². The Morgan fingerprint density at radius 3 is 2.88 bits per heavy atom. The maximum atomic E-state index is 12.2. The Morgan fingerprint density at radius 1 is 1.46 bits per heavy atom. The van der Waals surface area contributed by atoms with Crippen molar-refractivity contribution in [1.29, 1.82) is 0 Å². The first-order chi connectivity index (χ1) is 12.5. The first-order valence-corrected chi connectivity index (χ1v) is 9.39. The number of aromatic nitrogens is 1. The Balaban J connectivity index is 2.10. The van der Waals surface area contributed by atoms with Crippen LogP contribution in [-0.4, -0.2) is 22.5 Å². The number of thiophene rings is 1. The minimum absolute atomic E-state index is 0.0608. The van der Waals surface area contributed by atoms with E-state index in [4.69, 9.17) is 4.74 Å². The van der Waals surface area contributed by atoms with Crippen LogP contribution in [0.15, 0.2) is 40.7 Å². The van der Waals surface area contributed by atoms with Gasteiger partial charge in [-0.2, -0.15) is 4.99 Å². The van der Waals surface area contributed by atoms with Gasteiger partial charge < -0.3 is 9.30 Å². The first kappa shape index (κ1) is 18.0. The fraction of sp³-hybridized carbons (Fsp3) is 0.176. The molecular weight excluding hydrogens is 374 g/mol. The zero-order chi connectivity index (χ0) is 18.7. The number of carbonyl (C=O) groups is 1. The number of hydrogen-bond acceptors (Lipinski definition) is 6. The molecule has 0 radical (unpaired) electrons. The van der Waals surface area contributed by atoms with Gasteiger partial charge in [-0.25, -0.2) is 0 Å². The average molecular weight is 389 g/mol. The SMILES string of the molecule is CCn1c(=NC(=O)/C=C/c2cccs2)sc2cc([N+](=O)[O-])cc(OC)c21.